The van der Waals surface area contributed by atoms with E-state index in [1.807, 2.05) is 24.3 Å². The number of fused-ring (bicyclic) bond motifs is 1. The highest BCUT2D eigenvalue weighted by atomic mass is 16.2. The maximum absolute atomic E-state index is 12.8. The predicted molar refractivity (Wildman–Crippen MR) is 118 cm³/mol. The molecule has 3 rings (SSSR count). The van der Waals surface area contributed by atoms with Crippen LogP contribution in [0, 0.1) is 11.8 Å². The van der Waals surface area contributed by atoms with E-state index in [1.165, 1.54) is 5.01 Å². The Kier molecular flexibility index (Phi) is 6.71. The molecule has 29 heavy (non-hydrogen) atoms. The van der Waals surface area contributed by atoms with Crippen LogP contribution < -0.4 is 16.9 Å². The van der Waals surface area contributed by atoms with Gasteiger partial charge in [0.25, 0.3) is 0 Å². The van der Waals surface area contributed by atoms with Crippen molar-refractivity contribution in [2.45, 2.75) is 26.7 Å². The van der Waals surface area contributed by atoms with Crippen molar-refractivity contribution in [1.82, 2.24) is 14.9 Å². The summed E-state index contributed by atoms with van der Waals surface area (Å²) in [6.45, 7) is 7.35. The number of piperidine rings is 1. The fourth-order valence-corrected chi connectivity index (χ4v) is 3.86. The van der Waals surface area contributed by atoms with Gasteiger partial charge in [-0.25, -0.2) is 10.8 Å². The van der Waals surface area contributed by atoms with Gasteiger partial charge in [0.1, 0.15) is 5.82 Å². The van der Waals surface area contributed by atoms with Crippen LogP contribution in [0.15, 0.2) is 36.7 Å². The molecule has 1 atom stereocenters. The summed E-state index contributed by atoms with van der Waals surface area (Å²) in [5.74, 6) is 6.87. The SMILES string of the molecule is CC(C)CN1CCC[C@@H](C(=O)Nc2cc3cc(/C(N)=C/N(C)N)ccc3cn2)C1. The number of hydrogen-bond acceptors (Lipinski definition) is 6. The molecule has 1 aromatic heterocycles. The highest BCUT2D eigenvalue weighted by Gasteiger charge is 2.26. The van der Waals surface area contributed by atoms with Crippen LogP contribution >= 0.6 is 0 Å². The molecule has 1 saturated heterocycles. The molecule has 2 aromatic rings. The lowest BCUT2D eigenvalue weighted by atomic mass is 9.96. The zero-order valence-corrected chi connectivity index (χ0v) is 17.6. The molecule has 1 aliphatic rings. The Labute approximate surface area is 172 Å². The number of hydrogen-bond donors (Lipinski definition) is 3. The first-order chi connectivity index (χ1) is 13.8. The first-order valence-corrected chi connectivity index (χ1v) is 10.2. The summed E-state index contributed by atoms with van der Waals surface area (Å²) in [5.41, 5.74) is 7.55. The van der Waals surface area contributed by atoms with E-state index < -0.39 is 0 Å². The van der Waals surface area contributed by atoms with E-state index in [1.54, 1.807) is 19.4 Å². The number of benzene rings is 1. The van der Waals surface area contributed by atoms with E-state index in [9.17, 15) is 4.79 Å². The van der Waals surface area contributed by atoms with Crippen molar-refractivity contribution < 1.29 is 4.79 Å². The molecule has 0 bridgehead atoms. The third-order valence-electron chi connectivity index (χ3n) is 5.15. The van der Waals surface area contributed by atoms with Crippen molar-refractivity contribution in [2.24, 2.45) is 23.4 Å². The Morgan fingerprint density at radius 3 is 2.90 bits per heavy atom. The van der Waals surface area contributed by atoms with Gasteiger partial charge in [-0.3, -0.25) is 4.79 Å². The highest BCUT2D eigenvalue weighted by molar-refractivity contribution is 5.94. The summed E-state index contributed by atoms with van der Waals surface area (Å²) in [6, 6.07) is 7.77. The van der Waals surface area contributed by atoms with Crippen LogP contribution in [0.4, 0.5) is 5.82 Å². The summed E-state index contributed by atoms with van der Waals surface area (Å²) >= 11 is 0. The van der Waals surface area contributed by atoms with Crippen molar-refractivity contribution in [2.75, 3.05) is 32.0 Å². The maximum Gasteiger partial charge on any atom is 0.229 e. The Balaban J connectivity index is 1.73. The number of pyridine rings is 1. The van der Waals surface area contributed by atoms with E-state index in [0.29, 0.717) is 17.4 Å². The van der Waals surface area contributed by atoms with Gasteiger partial charge in [-0.1, -0.05) is 26.0 Å². The van der Waals surface area contributed by atoms with E-state index in [2.05, 4.69) is 29.0 Å². The second kappa shape index (κ2) is 9.24. The normalized spacial score (nSPS) is 18.2. The molecule has 0 unspecified atom stereocenters. The van der Waals surface area contributed by atoms with Crippen LogP contribution in [-0.4, -0.2) is 47.5 Å². The molecule has 0 radical (unpaired) electrons. The Morgan fingerprint density at radius 2 is 2.17 bits per heavy atom. The van der Waals surface area contributed by atoms with Gasteiger partial charge in [-0.2, -0.15) is 0 Å². The first-order valence-electron chi connectivity index (χ1n) is 10.2. The average molecular weight is 397 g/mol. The molecule has 7 heteroatoms. The van der Waals surface area contributed by atoms with Gasteiger partial charge in [0, 0.05) is 37.9 Å². The molecule has 0 spiro atoms. The van der Waals surface area contributed by atoms with Gasteiger partial charge < -0.3 is 21.0 Å². The Morgan fingerprint density at radius 1 is 1.38 bits per heavy atom. The largest absolute Gasteiger partial charge is 0.397 e. The molecular weight excluding hydrogens is 364 g/mol. The fourth-order valence-electron chi connectivity index (χ4n) is 3.86. The maximum atomic E-state index is 12.8. The molecule has 1 fully saturated rings. The van der Waals surface area contributed by atoms with Gasteiger partial charge in [-0.15, -0.1) is 0 Å². The van der Waals surface area contributed by atoms with Crippen LogP contribution in [0.3, 0.4) is 0 Å². The minimum atomic E-state index is 0.00463. The number of hydrazine groups is 1. The Hall–Kier alpha value is -2.64. The first kappa shape index (κ1) is 21.1. The molecule has 1 aromatic carbocycles. The third kappa shape index (κ3) is 5.68. The van der Waals surface area contributed by atoms with Crippen molar-refractivity contribution in [3.8, 4) is 0 Å². The second-order valence-corrected chi connectivity index (χ2v) is 8.36. The molecule has 5 N–H and O–H groups in total. The average Bonchev–Trinajstić information content (AvgIpc) is 2.66. The van der Waals surface area contributed by atoms with Gasteiger partial charge in [-0.05, 0) is 48.4 Å². The minimum Gasteiger partial charge on any atom is -0.397 e. The van der Waals surface area contributed by atoms with Gasteiger partial charge in [0.2, 0.25) is 5.91 Å². The molecule has 0 saturated carbocycles. The summed E-state index contributed by atoms with van der Waals surface area (Å²) < 4.78 is 0. The number of amides is 1. The van der Waals surface area contributed by atoms with Gasteiger partial charge in [0.05, 0.1) is 11.6 Å². The van der Waals surface area contributed by atoms with Crippen LogP contribution in [0.2, 0.25) is 0 Å². The van der Waals surface area contributed by atoms with Crippen molar-refractivity contribution in [1.29, 1.82) is 0 Å². The van der Waals surface area contributed by atoms with Crippen LogP contribution in [0.5, 0.6) is 0 Å². The third-order valence-corrected chi connectivity index (χ3v) is 5.15. The molecule has 7 nitrogen and oxygen atoms in total. The lowest BCUT2D eigenvalue weighted by molar-refractivity contribution is -0.121. The highest BCUT2D eigenvalue weighted by Crippen LogP contribution is 2.23. The van der Waals surface area contributed by atoms with E-state index >= 15 is 0 Å². The van der Waals surface area contributed by atoms with Crippen LogP contribution in [0.25, 0.3) is 16.5 Å². The van der Waals surface area contributed by atoms with Gasteiger partial charge in [0.15, 0.2) is 0 Å². The van der Waals surface area contributed by atoms with Crippen molar-refractivity contribution in [3.63, 3.8) is 0 Å². The summed E-state index contributed by atoms with van der Waals surface area (Å²) in [5, 5.41) is 6.38. The number of carbonyl (C=O) groups is 1. The number of likely N-dealkylation sites (tertiary alicyclic amines) is 1. The summed E-state index contributed by atoms with van der Waals surface area (Å²) in [7, 11) is 1.72. The lowest BCUT2D eigenvalue weighted by Gasteiger charge is -2.32. The number of nitrogens with zero attached hydrogens (tertiary/aromatic N) is 3. The molecule has 0 aliphatic carbocycles. The standard InChI is InChI=1S/C22H32N6O/c1-15(2)12-28-8-4-5-18(13-28)22(29)26-21-10-19-9-16(20(23)14-27(3)24)6-7-17(19)11-25-21/h6-7,9-11,14-15,18H,4-5,8,12-13,23-24H2,1-3H3,(H,25,26,29)/b20-14-/t18-/m1/s1. The molecule has 156 valence electrons. The van der Waals surface area contributed by atoms with E-state index in [4.69, 9.17) is 11.6 Å². The number of carbonyl (C=O) groups excluding carboxylic acids is 1. The quantitative estimate of drug-likeness (QED) is 0.513. The molecule has 1 amide bonds. The molecule has 1 aliphatic heterocycles. The number of nitrogens with one attached hydrogen (secondary N) is 1. The Bertz CT molecular complexity index is 892. The smallest absolute Gasteiger partial charge is 0.229 e. The van der Waals surface area contributed by atoms with Crippen molar-refractivity contribution >= 4 is 28.2 Å². The fraction of sp³-hybridized carbons (Fsp3) is 0.455. The zero-order chi connectivity index (χ0) is 21.0. The van der Waals surface area contributed by atoms with E-state index in [-0.39, 0.29) is 11.8 Å². The number of anilines is 1. The van der Waals surface area contributed by atoms with Crippen molar-refractivity contribution in [3.05, 3.63) is 42.2 Å². The summed E-state index contributed by atoms with van der Waals surface area (Å²) in [4.78, 5) is 19.6. The van der Waals surface area contributed by atoms with E-state index in [0.717, 1.165) is 48.8 Å². The monoisotopic (exact) mass is 396 g/mol. The predicted octanol–water partition coefficient (Wildman–Crippen LogP) is 2.60. The number of nitrogens with two attached hydrogens (primary N) is 2. The second-order valence-electron chi connectivity index (χ2n) is 8.36. The lowest BCUT2D eigenvalue weighted by Crippen LogP contribution is -2.42. The zero-order valence-electron chi connectivity index (χ0n) is 17.6. The topological polar surface area (TPSA) is 101 Å². The number of aromatic nitrogens is 1. The summed E-state index contributed by atoms with van der Waals surface area (Å²) in [6.07, 6.45) is 5.42. The molecule has 2 heterocycles. The number of rotatable bonds is 6. The van der Waals surface area contributed by atoms with Crippen LogP contribution in [-0.2, 0) is 4.79 Å². The van der Waals surface area contributed by atoms with Crippen LogP contribution in [0.1, 0.15) is 32.3 Å². The van der Waals surface area contributed by atoms with Gasteiger partial charge >= 0.3 is 0 Å². The minimum absolute atomic E-state index is 0.00463. The molecular formula is C22H32N6O.